The summed E-state index contributed by atoms with van der Waals surface area (Å²) in [7, 11) is 0. The molecule has 1 unspecified atom stereocenters. The van der Waals surface area contributed by atoms with Crippen LogP contribution in [0.5, 0.6) is 0 Å². The van der Waals surface area contributed by atoms with Gasteiger partial charge in [0.15, 0.2) is 0 Å². The third-order valence-electron chi connectivity index (χ3n) is 3.28. The second kappa shape index (κ2) is 6.01. The Morgan fingerprint density at radius 2 is 2.11 bits per heavy atom. The fourth-order valence-electron chi connectivity index (χ4n) is 2.22. The monoisotopic (exact) mass is 247 g/mol. The maximum Gasteiger partial charge on any atom is 0.225 e. The Morgan fingerprint density at radius 1 is 1.39 bits per heavy atom. The quantitative estimate of drug-likeness (QED) is 0.818. The first-order valence-electron chi connectivity index (χ1n) is 6.61. The number of amides is 1. The first-order chi connectivity index (χ1) is 8.66. The lowest BCUT2D eigenvalue weighted by molar-refractivity contribution is -0.133. The Hall–Kier alpha value is -1.35. The van der Waals surface area contributed by atoms with Gasteiger partial charge in [-0.2, -0.15) is 0 Å². The zero-order chi connectivity index (χ0) is 13.0. The summed E-state index contributed by atoms with van der Waals surface area (Å²) in [5.74, 6) is 0.318. The molecule has 18 heavy (non-hydrogen) atoms. The van der Waals surface area contributed by atoms with Crippen LogP contribution in [-0.2, 0) is 16.1 Å². The maximum atomic E-state index is 11.8. The van der Waals surface area contributed by atoms with E-state index < -0.39 is 0 Å². The summed E-state index contributed by atoms with van der Waals surface area (Å²) in [6, 6.07) is 10.2. The molecule has 1 amide bonds. The van der Waals surface area contributed by atoms with E-state index in [1.165, 1.54) is 5.56 Å². The number of hydrogen-bond acceptors (Lipinski definition) is 2. The number of carbonyl (C=O) groups is 1. The van der Waals surface area contributed by atoms with Crippen LogP contribution in [0.25, 0.3) is 0 Å². The van der Waals surface area contributed by atoms with E-state index in [1.54, 1.807) is 0 Å². The fraction of sp³-hybridized carbons (Fsp3) is 0.533. The minimum atomic E-state index is 0.0814. The van der Waals surface area contributed by atoms with E-state index in [2.05, 4.69) is 12.1 Å². The minimum Gasteiger partial charge on any atom is -0.372 e. The van der Waals surface area contributed by atoms with Crippen molar-refractivity contribution in [1.29, 1.82) is 0 Å². The molecule has 0 saturated carbocycles. The SMILES string of the molecule is CC(C)C(=O)N1CCC(OCc2ccccc2)C1. The van der Waals surface area contributed by atoms with Gasteiger partial charge in [-0.25, -0.2) is 0 Å². The standard InChI is InChI=1S/C15H21NO2/c1-12(2)15(17)16-9-8-14(10-16)18-11-13-6-4-3-5-7-13/h3-7,12,14H,8-11H2,1-2H3. The zero-order valence-corrected chi connectivity index (χ0v) is 11.1. The van der Waals surface area contributed by atoms with Crippen LogP contribution < -0.4 is 0 Å². The molecule has 1 aromatic rings. The number of benzene rings is 1. The van der Waals surface area contributed by atoms with Gasteiger partial charge in [0.2, 0.25) is 5.91 Å². The van der Waals surface area contributed by atoms with E-state index in [-0.39, 0.29) is 17.9 Å². The van der Waals surface area contributed by atoms with Crippen LogP contribution in [0.1, 0.15) is 25.8 Å². The van der Waals surface area contributed by atoms with Crippen LogP contribution >= 0.6 is 0 Å². The van der Waals surface area contributed by atoms with Crippen LogP contribution in [-0.4, -0.2) is 30.0 Å². The van der Waals surface area contributed by atoms with Gasteiger partial charge in [-0.1, -0.05) is 44.2 Å². The Labute approximate surface area is 109 Å². The molecule has 0 N–H and O–H groups in total. The van der Waals surface area contributed by atoms with Gasteiger partial charge in [-0.3, -0.25) is 4.79 Å². The third-order valence-corrected chi connectivity index (χ3v) is 3.28. The van der Waals surface area contributed by atoms with Crippen molar-refractivity contribution in [2.75, 3.05) is 13.1 Å². The predicted molar refractivity (Wildman–Crippen MR) is 71.1 cm³/mol. The van der Waals surface area contributed by atoms with Crippen LogP contribution in [0.3, 0.4) is 0 Å². The smallest absolute Gasteiger partial charge is 0.225 e. The Balaban J connectivity index is 1.78. The molecule has 0 bridgehead atoms. The van der Waals surface area contributed by atoms with Gasteiger partial charge in [-0.05, 0) is 12.0 Å². The highest BCUT2D eigenvalue weighted by molar-refractivity contribution is 5.78. The van der Waals surface area contributed by atoms with Gasteiger partial charge < -0.3 is 9.64 Å². The Morgan fingerprint density at radius 3 is 2.78 bits per heavy atom. The lowest BCUT2D eigenvalue weighted by atomic mass is 10.2. The lowest BCUT2D eigenvalue weighted by Crippen LogP contribution is -2.33. The molecule has 0 aromatic heterocycles. The molecule has 1 fully saturated rings. The van der Waals surface area contributed by atoms with Crippen molar-refractivity contribution in [1.82, 2.24) is 4.90 Å². The number of ether oxygens (including phenoxy) is 1. The van der Waals surface area contributed by atoms with Crippen LogP contribution in [0.4, 0.5) is 0 Å². The molecule has 0 aliphatic carbocycles. The molecule has 98 valence electrons. The highest BCUT2D eigenvalue weighted by Crippen LogP contribution is 2.16. The molecular weight excluding hydrogens is 226 g/mol. The summed E-state index contributed by atoms with van der Waals surface area (Å²) in [6.45, 7) is 6.09. The van der Waals surface area contributed by atoms with Crippen molar-refractivity contribution in [3.63, 3.8) is 0 Å². The third kappa shape index (κ3) is 3.33. The van der Waals surface area contributed by atoms with Crippen molar-refractivity contribution >= 4 is 5.91 Å². The average Bonchev–Trinajstić information content (AvgIpc) is 2.85. The van der Waals surface area contributed by atoms with Gasteiger partial charge >= 0.3 is 0 Å². The van der Waals surface area contributed by atoms with E-state index >= 15 is 0 Å². The Kier molecular flexibility index (Phi) is 4.37. The maximum absolute atomic E-state index is 11.8. The molecule has 0 spiro atoms. The normalized spacial score (nSPS) is 19.5. The number of rotatable bonds is 4. The zero-order valence-electron chi connectivity index (χ0n) is 11.1. The molecule has 3 nitrogen and oxygen atoms in total. The van der Waals surface area contributed by atoms with Crippen LogP contribution in [0.15, 0.2) is 30.3 Å². The fourth-order valence-corrected chi connectivity index (χ4v) is 2.22. The van der Waals surface area contributed by atoms with Crippen LogP contribution in [0.2, 0.25) is 0 Å². The van der Waals surface area contributed by atoms with Gasteiger partial charge in [-0.15, -0.1) is 0 Å². The summed E-state index contributed by atoms with van der Waals surface area (Å²) < 4.78 is 5.86. The molecule has 1 heterocycles. The highest BCUT2D eigenvalue weighted by Gasteiger charge is 2.27. The van der Waals surface area contributed by atoms with E-state index in [0.29, 0.717) is 6.61 Å². The van der Waals surface area contributed by atoms with E-state index in [4.69, 9.17) is 4.74 Å². The summed E-state index contributed by atoms with van der Waals surface area (Å²) in [4.78, 5) is 13.8. The number of nitrogens with zero attached hydrogens (tertiary/aromatic N) is 1. The van der Waals surface area contributed by atoms with Crippen molar-refractivity contribution < 1.29 is 9.53 Å². The molecule has 2 rings (SSSR count). The number of carbonyl (C=O) groups excluding carboxylic acids is 1. The molecule has 0 radical (unpaired) electrons. The van der Waals surface area contributed by atoms with Gasteiger partial charge in [0.1, 0.15) is 0 Å². The number of hydrogen-bond donors (Lipinski definition) is 0. The largest absolute Gasteiger partial charge is 0.372 e. The molecule has 3 heteroatoms. The van der Waals surface area contributed by atoms with Gasteiger partial charge in [0.05, 0.1) is 12.7 Å². The number of likely N-dealkylation sites (tertiary alicyclic amines) is 1. The van der Waals surface area contributed by atoms with Crippen molar-refractivity contribution in [2.45, 2.75) is 33.0 Å². The van der Waals surface area contributed by atoms with Crippen molar-refractivity contribution in [2.24, 2.45) is 5.92 Å². The van der Waals surface area contributed by atoms with Crippen LogP contribution in [0, 0.1) is 5.92 Å². The minimum absolute atomic E-state index is 0.0814. The second-order valence-electron chi connectivity index (χ2n) is 5.15. The predicted octanol–water partition coefficient (Wildman–Crippen LogP) is 2.46. The first kappa shape index (κ1) is 13.1. The van der Waals surface area contributed by atoms with Gasteiger partial charge in [0, 0.05) is 19.0 Å². The molecule has 1 atom stereocenters. The Bertz CT molecular complexity index is 389. The second-order valence-corrected chi connectivity index (χ2v) is 5.15. The summed E-state index contributed by atoms with van der Waals surface area (Å²) in [6.07, 6.45) is 1.14. The topological polar surface area (TPSA) is 29.5 Å². The first-order valence-corrected chi connectivity index (χ1v) is 6.61. The molecule has 1 saturated heterocycles. The van der Waals surface area contributed by atoms with Gasteiger partial charge in [0.25, 0.3) is 0 Å². The van der Waals surface area contributed by atoms with E-state index in [1.807, 2.05) is 36.9 Å². The van der Waals surface area contributed by atoms with E-state index in [0.717, 1.165) is 19.5 Å². The molecular formula is C15H21NO2. The molecule has 1 aliphatic heterocycles. The summed E-state index contributed by atoms with van der Waals surface area (Å²) in [5.41, 5.74) is 1.19. The van der Waals surface area contributed by atoms with E-state index in [9.17, 15) is 4.79 Å². The lowest BCUT2D eigenvalue weighted by Gasteiger charge is -2.18. The average molecular weight is 247 g/mol. The summed E-state index contributed by atoms with van der Waals surface area (Å²) in [5, 5.41) is 0. The van der Waals surface area contributed by atoms with Crippen molar-refractivity contribution in [3.05, 3.63) is 35.9 Å². The summed E-state index contributed by atoms with van der Waals surface area (Å²) >= 11 is 0. The molecule has 1 aliphatic rings. The highest BCUT2D eigenvalue weighted by atomic mass is 16.5. The van der Waals surface area contributed by atoms with Crippen molar-refractivity contribution in [3.8, 4) is 0 Å². The molecule has 1 aromatic carbocycles.